The number of nitro groups is 1. The van der Waals surface area contributed by atoms with Gasteiger partial charge >= 0.3 is 0 Å². The van der Waals surface area contributed by atoms with Gasteiger partial charge in [-0.2, -0.15) is 0 Å². The highest BCUT2D eigenvalue weighted by atomic mass is 16.6. The van der Waals surface area contributed by atoms with Crippen molar-refractivity contribution in [3.8, 4) is 17.0 Å². The van der Waals surface area contributed by atoms with Crippen molar-refractivity contribution in [2.24, 2.45) is 0 Å². The van der Waals surface area contributed by atoms with E-state index in [1.807, 2.05) is 18.2 Å². The Morgan fingerprint density at radius 2 is 2.05 bits per heavy atom. The zero-order chi connectivity index (χ0) is 15.3. The molecule has 1 aliphatic rings. The van der Waals surface area contributed by atoms with Crippen LogP contribution >= 0.6 is 0 Å². The Kier molecular flexibility index (Phi) is 2.69. The highest BCUT2D eigenvalue weighted by Crippen LogP contribution is 2.39. The van der Waals surface area contributed by atoms with Crippen LogP contribution < -0.4 is 4.74 Å². The van der Waals surface area contributed by atoms with Crippen LogP contribution in [0.25, 0.3) is 22.2 Å². The normalized spacial score (nSPS) is 12.8. The van der Waals surface area contributed by atoms with Crippen molar-refractivity contribution in [2.75, 3.05) is 7.11 Å². The van der Waals surface area contributed by atoms with Gasteiger partial charge in [-0.05, 0) is 42.2 Å². The number of nitrogens with zero attached hydrogens (tertiary/aromatic N) is 1. The second kappa shape index (κ2) is 4.59. The largest absolute Gasteiger partial charge is 0.497 e. The number of hydrogen-bond acceptors (Lipinski definition) is 3. The molecule has 1 heterocycles. The molecule has 0 saturated heterocycles. The fraction of sp³-hybridized carbons (Fsp3) is 0.176. The first-order valence-electron chi connectivity index (χ1n) is 7.13. The van der Waals surface area contributed by atoms with Crippen molar-refractivity contribution in [3.05, 3.63) is 57.6 Å². The standard InChI is InChI=1S/C17H14N2O3/c1-22-12-5-2-10-3-6-14-13-7-4-11(19(20)21)8-16(13)18-17(14)15(10)9-12/h2,4-5,7-9,18H,3,6H2,1H3. The Labute approximate surface area is 126 Å². The van der Waals surface area contributed by atoms with Crippen LogP contribution in [0.1, 0.15) is 11.1 Å². The maximum Gasteiger partial charge on any atom is 0.271 e. The van der Waals surface area contributed by atoms with Crippen molar-refractivity contribution in [3.63, 3.8) is 0 Å². The van der Waals surface area contributed by atoms with Gasteiger partial charge in [0, 0.05) is 23.1 Å². The SMILES string of the molecule is COc1ccc2c(c1)-c1[nH]c3cc([N+](=O)[O-])ccc3c1CC2. The van der Waals surface area contributed by atoms with E-state index in [4.69, 9.17) is 4.74 Å². The molecule has 2 aromatic carbocycles. The molecule has 5 heteroatoms. The van der Waals surface area contributed by atoms with E-state index in [0.717, 1.165) is 40.8 Å². The van der Waals surface area contributed by atoms with Gasteiger partial charge in [0.05, 0.1) is 23.2 Å². The lowest BCUT2D eigenvalue weighted by molar-refractivity contribution is -0.384. The second-order valence-corrected chi connectivity index (χ2v) is 5.49. The molecule has 0 unspecified atom stereocenters. The first-order valence-corrected chi connectivity index (χ1v) is 7.13. The predicted molar refractivity (Wildman–Crippen MR) is 84.3 cm³/mol. The van der Waals surface area contributed by atoms with Gasteiger partial charge in [-0.25, -0.2) is 0 Å². The number of aryl methyl sites for hydroxylation is 2. The Morgan fingerprint density at radius 3 is 2.82 bits per heavy atom. The molecule has 0 bridgehead atoms. The zero-order valence-electron chi connectivity index (χ0n) is 12.1. The molecule has 1 aromatic heterocycles. The Bertz CT molecular complexity index is 912. The number of non-ortho nitro benzene ring substituents is 1. The lowest BCUT2D eigenvalue weighted by Gasteiger charge is -2.17. The summed E-state index contributed by atoms with van der Waals surface area (Å²) in [6, 6.07) is 11.1. The maximum absolute atomic E-state index is 10.9. The summed E-state index contributed by atoms with van der Waals surface area (Å²) in [5.74, 6) is 0.816. The molecule has 0 fully saturated rings. The highest BCUT2D eigenvalue weighted by molar-refractivity contribution is 5.93. The molecule has 0 saturated carbocycles. The zero-order valence-corrected chi connectivity index (χ0v) is 12.1. The predicted octanol–water partition coefficient (Wildman–Crippen LogP) is 3.85. The molecular weight excluding hydrogens is 280 g/mol. The molecule has 22 heavy (non-hydrogen) atoms. The van der Waals surface area contributed by atoms with Crippen LogP contribution in [0, 0.1) is 10.1 Å². The second-order valence-electron chi connectivity index (χ2n) is 5.49. The lowest BCUT2D eigenvalue weighted by Crippen LogP contribution is -2.03. The third kappa shape index (κ3) is 1.79. The molecule has 5 nitrogen and oxygen atoms in total. The van der Waals surface area contributed by atoms with E-state index in [9.17, 15) is 10.1 Å². The van der Waals surface area contributed by atoms with E-state index in [1.165, 1.54) is 11.1 Å². The summed E-state index contributed by atoms with van der Waals surface area (Å²) >= 11 is 0. The molecule has 0 radical (unpaired) electrons. The smallest absolute Gasteiger partial charge is 0.271 e. The molecule has 1 N–H and O–H groups in total. The van der Waals surface area contributed by atoms with E-state index in [2.05, 4.69) is 11.1 Å². The summed E-state index contributed by atoms with van der Waals surface area (Å²) in [4.78, 5) is 13.9. The van der Waals surface area contributed by atoms with Crippen LogP contribution in [0.5, 0.6) is 5.75 Å². The van der Waals surface area contributed by atoms with Crippen LogP contribution in [-0.4, -0.2) is 17.0 Å². The number of nitro benzene ring substituents is 1. The fourth-order valence-corrected chi connectivity index (χ4v) is 3.24. The molecule has 0 spiro atoms. The molecule has 110 valence electrons. The Hall–Kier alpha value is -2.82. The van der Waals surface area contributed by atoms with E-state index >= 15 is 0 Å². The fourth-order valence-electron chi connectivity index (χ4n) is 3.24. The average Bonchev–Trinajstić information content (AvgIpc) is 2.92. The van der Waals surface area contributed by atoms with Crippen LogP contribution in [0.2, 0.25) is 0 Å². The summed E-state index contributed by atoms with van der Waals surface area (Å²) in [6.07, 6.45) is 1.91. The molecule has 1 aliphatic carbocycles. The highest BCUT2D eigenvalue weighted by Gasteiger charge is 2.22. The number of aromatic amines is 1. The number of hydrogen-bond donors (Lipinski definition) is 1. The summed E-state index contributed by atoms with van der Waals surface area (Å²) in [5.41, 5.74) is 5.60. The van der Waals surface area contributed by atoms with Crippen molar-refractivity contribution >= 4 is 16.6 Å². The van der Waals surface area contributed by atoms with Gasteiger partial charge in [0.1, 0.15) is 5.75 Å². The maximum atomic E-state index is 10.9. The quantitative estimate of drug-likeness (QED) is 0.576. The third-order valence-corrected chi connectivity index (χ3v) is 4.33. The van der Waals surface area contributed by atoms with Crippen molar-refractivity contribution in [1.82, 2.24) is 4.98 Å². The van der Waals surface area contributed by atoms with Crippen molar-refractivity contribution in [2.45, 2.75) is 12.8 Å². The molecule has 0 atom stereocenters. The van der Waals surface area contributed by atoms with Gasteiger partial charge in [-0.15, -0.1) is 0 Å². The minimum atomic E-state index is -0.365. The van der Waals surface area contributed by atoms with Crippen molar-refractivity contribution in [1.29, 1.82) is 0 Å². The Morgan fingerprint density at radius 1 is 1.18 bits per heavy atom. The summed E-state index contributed by atoms with van der Waals surface area (Å²) in [6.45, 7) is 0. The topological polar surface area (TPSA) is 68.2 Å². The first kappa shape index (κ1) is 12.9. The summed E-state index contributed by atoms with van der Waals surface area (Å²) in [7, 11) is 1.65. The monoisotopic (exact) mass is 294 g/mol. The molecule has 0 amide bonds. The van der Waals surface area contributed by atoms with Crippen molar-refractivity contribution < 1.29 is 9.66 Å². The average molecular weight is 294 g/mol. The molecular formula is C17H14N2O3. The molecule has 3 aromatic rings. The van der Waals surface area contributed by atoms with E-state index in [-0.39, 0.29) is 10.6 Å². The van der Waals surface area contributed by atoms with Gasteiger partial charge in [-0.1, -0.05) is 6.07 Å². The van der Waals surface area contributed by atoms with Gasteiger partial charge in [0.15, 0.2) is 0 Å². The summed E-state index contributed by atoms with van der Waals surface area (Å²) < 4.78 is 5.32. The van der Waals surface area contributed by atoms with E-state index < -0.39 is 0 Å². The first-order chi connectivity index (χ1) is 10.7. The number of aromatic nitrogens is 1. The van der Waals surface area contributed by atoms with Gasteiger partial charge in [-0.3, -0.25) is 10.1 Å². The minimum Gasteiger partial charge on any atom is -0.497 e. The van der Waals surface area contributed by atoms with Crippen LogP contribution in [0.4, 0.5) is 5.69 Å². The number of benzene rings is 2. The lowest BCUT2D eigenvalue weighted by atomic mass is 9.89. The number of H-pyrrole nitrogens is 1. The minimum absolute atomic E-state index is 0.108. The van der Waals surface area contributed by atoms with E-state index in [1.54, 1.807) is 19.2 Å². The number of nitrogens with one attached hydrogen (secondary N) is 1. The van der Waals surface area contributed by atoms with Crippen LogP contribution in [0.15, 0.2) is 36.4 Å². The molecule has 0 aliphatic heterocycles. The summed E-state index contributed by atoms with van der Waals surface area (Å²) in [5, 5.41) is 12.0. The number of ether oxygens (including phenoxy) is 1. The molecule has 4 rings (SSSR count). The number of rotatable bonds is 2. The van der Waals surface area contributed by atoms with Crippen LogP contribution in [-0.2, 0) is 12.8 Å². The van der Waals surface area contributed by atoms with Gasteiger partial charge < -0.3 is 9.72 Å². The van der Waals surface area contributed by atoms with Gasteiger partial charge in [0.25, 0.3) is 5.69 Å². The van der Waals surface area contributed by atoms with Gasteiger partial charge in [0.2, 0.25) is 0 Å². The Balaban J connectivity index is 1.96. The number of methoxy groups -OCH3 is 1. The number of fused-ring (bicyclic) bond motifs is 5. The van der Waals surface area contributed by atoms with Crippen LogP contribution in [0.3, 0.4) is 0 Å². The van der Waals surface area contributed by atoms with E-state index in [0.29, 0.717) is 0 Å². The third-order valence-electron chi connectivity index (χ3n) is 4.33.